The molecule has 1 heterocycles. The van der Waals surface area contributed by atoms with Crippen molar-refractivity contribution in [1.29, 1.82) is 5.26 Å². The molecule has 5 nitrogen and oxygen atoms in total. The summed E-state index contributed by atoms with van der Waals surface area (Å²) >= 11 is 5.78. The van der Waals surface area contributed by atoms with Crippen molar-refractivity contribution in [2.45, 2.75) is 52.9 Å². The Morgan fingerprint density at radius 1 is 1.17 bits per heavy atom. The van der Waals surface area contributed by atoms with Crippen LogP contribution in [-0.2, 0) is 16.6 Å². The third-order valence-electron chi connectivity index (χ3n) is 5.64. The van der Waals surface area contributed by atoms with Crippen LogP contribution in [0.3, 0.4) is 0 Å². The zero-order valence-corrected chi connectivity index (χ0v) is 22.8. The van der Waals surface area contributed by atoms with Crippen LogP contribution < -0.4 is 9.47 Å². The van der Waals surface area contributed by atoms with E-state index >= 15 is 0 Å². The van der Waals surface area contributed by atoms with Crippen molar-refractivity contribution < 1.29 is 14.3 Å². The molecule has 6 heteroatoms. The highest BCUT2D eigenvalue weighted by Gasteiger charge is 2.26. The second-order valence-corrected chi connectivity index (χ2v) is 8.81. The average molecular weight is 509 g/mol. The second kappa shape index (κ2) is 15.6. The predicted octanol–water partition coefficient (Wildman–Crippen LogP) is 7.20. The van der Waals surface area contributed by atoms with Crippen molar-refractivity contribution in [3.8, 4) is 17.6 Å². The maximum Gasteiger partial charge on any atom is 0.140 e. The van der Waals surface area contributed by atoms with Gasteiger partial charge >= 0.3 is 0 Å². The van der Waals surface area contributed by atoms with E-state index in [4.69, 9.17) is 25.9 Å². The lowest BCUT2D eigenvalue weighted by Crippen LogP contribution is -2.20. The number of rotatable bonds is 9. The van der Waals surface area contributed by atoms with Gasteiger partial charge < -0.3 is 14.3 Å². The molecule has 1 aliphatic rings. The molecule has 3 rings (SSSR count). The van der Waals surface area contributed by atoms with Gasteiger partial charge in [0.1, 0.15) is 37.1 Å². The number of allylic oxidation sites excluding steroid dienone is 1. The molecular weight excluding hydrogens is 472 g/mol. The fraction of sp³-hybridized carbons (Fsp3) is 0.367. The molecule has 0 aliphatic carbocycles. The minimum atomic E-state index is -0.283. The van der Waals surface area contributed by atoms with E-state index in [0.29, 0.717) is 30.4 Å². The molecule has 0 spiro atoms. The van der Waals surface area contributed by atoms with Crippen molar-refractivity contribution in [3.63, 3.8) is 0 Å². The Labute approximate surface area is 221 Å². The SMILES string of the molecule is C=C.CC=O.CCc1cc(C(C)(C)c2ccc(OCC3=CCC(C)=N3)cc2)cc(C#N)c1OCCCl. The van der Waals surface area contributed by atoms with Crippen LogP contribution >= 0.6 is 11.6 Å². The number of nitrogens with zero attached hydrogens (tertiary/aromatic N) is 2. The van der Waals surface area contributed by atoms with E-state index < -0.39 is 0 Å². The first-order valence-electron chi connectivity index (χ1n) is 11.9. The molecular formula is C30H37ClN2O3. The molecule has 0 unspecified atom stereocenters. The Morgan fingerprint density at radius 3 is 2.31 bits per heavy atom. The topological polar surface area (TPSA) is 71.7 Å². The van der Waals surface area contributed by atoms with Crippen molar-refractivity contribution in [2.75, 3.05) is 19.1 Å². The number of ether oxygens (including phenoxy) is 2. The average Bonchev–Trinajstić information content (AvgIpc) is 3.32. The maximum absolute atomic E-state index is 9.71. The fourth-order valence-electron chi connectivity index (χ4n) is 3.69. The van der Waals surface area contributed by atoms with Gasteiger partial charge in [-0.1, -0.05) is 45.0 Å². The normalized spacial score (nSPS) is 12.0. The number of aliphatic imine (C=N–C) groups is 1. The number of hydrogen-bond acceptors (Lipinski definition) is 5. The minimum absolute atomic E-state index is 0.283. The van der Waals surface area contributed by atoms with Gasteiger partial charge in [0.05, 0.1) is 17.1 Å². The highest BCUT2D eigenvalue weighted by atomic mass is 35.5. The first-order chi connectivity index (χ1) is 17.3. The maximum atomic E-state index is 9.71. The highest BCUT2D eigenvalue weighted by Crippen LogP contribution is 2.37. The van der Waals surface area contributed by atoms with E-state index in [0.717, 1.165) is 53.0 Å². The number of carbonyl (C=O) groups excluding carboxylic acids is 1. The Balaban J connectivity index is 0.00000120. The molecule has 2 aromatic carbocycles. The molecule has 0 amide bonds. The first-order valence-corrected chi connectivity index (χ1v) is 12.5. The van der Waals surface area contributed by atoms with Gasteiger partial charge in [-0.15, -0.1) is 24.8 Å². The van der Waals surface area contributed by atoms with E-state index in [-0.39, 0.29) is 5.41 Å². The quantitative estimate of drug-likeness (QED) is 0.204. The van der Waals surface area contributed by atoms with Gasteiger partial charge in [0.2, 0.25) is 0 Å². The third-order valence-corrected chi connectivity index (χ3v) is 5.80. The van der Waals surface area contributed by atoms with E-state index in [1.165, 1.54) is 6.92 Å². The lowest BCUT2D eigenvalue weighted by Gasteiger charge is -2.28. The summed E-state index contributed by atoms with van der Waals surface area (Å²) in [6.07, 6.45) is 4.54. The van der Waals surface area contributed by atoms with Crippen molar-refractivity contribution in [2.24, 2.45) is 4.99 Å². The molecule has 0 saturated carbocycles. The van der Waals surface area contributed by atoms with Crippen molar-refractivity contribution in [3.05, 3.63) is 83.6 Å². The highest BCUT2D eigenvalue weighted by molar-refractivity contribution is 6.18. The second-order valence-electron chi connectivity index (χ2n) is 8.44. The largest absolute Gasteiger partial charge is 0.491 e. The van der Waals surface area contributed by atoms with Gasteiger partial charge in [0, 0.05) is 17.5 Å². The van der Waals surface area contributed by atoms with Crippen LogP contribution in [0.1, 0.15) is 63.3 Å². The number of aldehydes is 1. The summed E-state index contributed by atoms with van der Waals surface area (Å²) in [5.41, 5.74) is 5.62. The van der Waals surface area contributed by atoms with Crippen molar-refractivity contribution >= 4 is 23.6 Å². The first kappa shape index (κ1) is 30.7. The molecule has 0 saturated heterocycles. The molecule has 0 radical (unpaired) electrons. The fourth-order valence-corrected chi connectivity index (χ4v) is 3.77. The summed E-state index contributed by atoms with van der Waals surface area (Å²) < 4.78 is 11.7. The van der Waals surface area contributed by atoms with Gasteiger partial charge in [0.25, 0.3) is 0 Å². The third kappa shape index (κ3) is 8.39. The molecule has 36 heavy (non-hydrogen) atoms. The molecule has 0 aromatic heterocycles. The van der Waals surface area contributed by atoms with Crippen LogP contribution in [0, 0.1) is 11.3 Å². The number of alkyl halides is 1. The number of nitriles is 1. The number of carbonyl (C=O) groups is 1. The number of aryl methyl sites for hydroxylation is 1. The number of benzene rings is 2. The Bertz CT molecular complexity index is 1100. The Kier molecular flexibility index (Phi) is 13.3. The van der Waals surface area contributed by atoms with Crippen LogP contribution in [0.4, 0.5) is 0 Å². The smallest absolute Gasteiger partial charge is 0.140 e. The van der Waals surface area contributed by atoms with Crippen LogP contribution in [-0.4, -0.2) is 31.1 Å². The predicted molar refractivity (Wildman–Crippen MR) is 150 cm³/mol. The summed E-state index contributed by atoms with van der Waals surface area (Å²) in [5, 5.41) is 9.71. The summed E-state index contributed by atoms with van der Waals surface area (Å²) in [6, 6.07) is 14.5. The van der Waals surface area contributed by atoms with Crippen molar-refractivity contribution in [1.82, 2.24) is 0 Å². The van der Waals surface area contributed by atoms with E-state index in [2.05, 4.69) is 69.3 Å². The molecule has 0 fully saturated rings. The molecule has 0 atom stereocenters. The molecule has 0 N–H and O–H groups in total. The van der Waals surface area contributed by atoms with E-state index in [1.54, 1.807) is 0 Å². The summed E-state index contributed by atoms with van der Waals surface area (Å²) in [4.78, 5) is 13.3. The minimum Gasteiger partial charge on any atom is -0.491 e. The summed E-state index contributed by atoms with van der Waals surface area (Å²) in [7, 11) is 0. The van der Waals surface area contributed by atoms with E-state index in [1.807, 2.05) is 25.1 Å². The van der Waals surface area contributed by atoms with Crippen LogP contribution in [0.25, 0.3) is 0 Å². The van der Waals surface area contributed by atoms with Gasteiger partial charge in [-0.3, -0.25) is 4.99 Å². The monoisotopic (exact) mass is 508 g/mol. The van der Waals surface area contributed by atoms with Gasteiger partial charge in [-0.2, -0.15) is 5.26 Å². The van der Waals surface area contributed by atoms with Gasteiger partial charge in [-0.25, -0.2) is 0 Å². The zero-order valence-electron chi connectivity index (χ0n) is 22.1. The molecule has 0 bridgehead atoms. The van der Waals surface area contributed by atoms with E-state index in [9.17, 15) is 5.26 Å². The van der Waals surface area contributed by atoms with Gasteiger partial charge in [-0.05, 0) is 55.2 Å². The van der Waals surface area contributed by atoms with Crippen LogP contribution in [0.2, 0.25) is 0 Å². The lowest BCUT2D eigenvalue weighted by atomic mass is 9.77. The van der Waals surface area contributed by atoms with Gasteiger partial charge in [0.15, 0.2) is 0 Å². The Hall–Kier alpha value is -3.36. The lowest BCUT2D eigenvalue weighted by molar-refractivity contribution is -0.106. The standard InChI is InChI=1S/C26H29ClN2O2.C2H4O.C2H4/c1-5-19-14-22(15-20(16-28)25(19)30-13-12-27)26(3,4)21-7-10-24(11-8-21)31-17-23-9-6-18(2)29-23;1-2-3;1-2/h7-11,14-15H,5-6,12-13,17H2,1-4H3;2H,1H3;1-2H2. The summed E-state index contributed by atoms with van der Waals surface area (Å²) in [6.45, 7) is 16.7. The van der Waals surface area contributed by atoms with Crippen LogP contribution in [0.15, 0.2) is 66.3 Å². The Morgan fingerprint density at radius 2 is 1.81 bits per heavy atom. The molecule has 1 aliphatic heterocycles. The molecule has 192 valence electrons. The number of halogens is 1. The number of hydrogen-bond donors (Lipinski definition) is 0. The molecule has 2 aromatic rings. The zero-order chi connectivity index (χ0) is 27.1. The van der Waals surface area contributed by atoms with Crippen LogP contribution in [0.5, 0.6) is 11.5 Å². The summed E-state index contributed by atoms with van der Waals surface area (Å²) in [5.74, 6) is 1.85.